The Kier molecular flexibility index (Phi) is 19.7. The topological polar surface area (TPSA) is 55.6 Å². The van der Waals surface area contributed by atoms with Crippen LogP contribution in [0.2, 0.25) is 0 Å². The molecule has 0 unspecified atom stereocenters. The molecule has 0 amide bonds. The van der Waals surface area contributed by atoms with Crippen LogP contribution < -0.4 is 5.73 Å². The van der Waals surface area contributed by atoms with Crippen LogP contribution in [0.25, 0.3) is 0 Å². The maximum absolute atomic E-state index is 11.0. The van der Waals surface area contributed by atoms with Crippen LogP contribution in [0.15, 0.2) is 0 Å². The summed E-state index contributed by atoms with van der Waals surface area (Å²) in [5, 5.41) is 0. The fraction of sp³-hybridized carbons (Fsp3) is 0.833. The van der Waals surface area contributed by atoms with E-state index in [-0.39, 0.29) is 30.8 Å². The van der Waals surface area contributed by atoms with Gasteiger partial charge in [-0.15, -0.1) is 24.8 Å². The molecule has 0 aliphatic rings. The van der Waals surface area contributed by atoms with Crippen LogP contribution in [0, 0.1) is 0 Å². The van der Waals surface area contributed by atoms with E-state index in [0.29, 0.717) is 19.7 Å². The van der Waals surface area contributed by atoms with E-state index in [1.807, 2.05) is 16.2 Å². The van der Waals surface area contributed by atoms with Crippen LogP contribution in [0.5, 0.6) is 0 Å². The van der Waals surface area contributed by atoms with Gasteiger partial charge >= 0.3 is 5.97 Å². The molecule has 0 atom stereocenters. The highest BCUT2D eigenvalue weighted by Gasteiger charge is 2.08. The molecule has 0 aliphatic heterocycles. The minimum Gasteiger partial charge on any atom is -0.463 e. The molecule has 14 heavy (non-hydrogen) atoms. The van der Waals surface area contributed by atoms with Gasteiger partial charge in [-0.2, -0.15) is 3.71 Å². The van der Waals surface area contributed by atoms with Gasteiger partial charge in [0.15, 0.2) is 0 Å². The highest BCUT2D eigenvalue weighted by molar-refractivity contribution is 8.11. The SMILES string of the molecule is CSN(CC(=O)OCCN)SC.Cl.Cl. The van der Waals surface area contributed by atoms with Crippen LogP contribution in [-0.4, -0.2) is 41.9 Å². The molecule has 0 fully saturated rings. The van der Waals surface area contributed by atoms with Crippen molar-refractivity contribution in [3.05, 3.63) is 0 Å². The Morgan fingerprint density at radius 1 is 1.36 bits per heavy atom. The standard InChI is InChI=1S/C6H14N2O2S2.2ClH/c1-11-8(12-2)5-6(9)10-4-3-7;;/h3-5,7H2,1-2H3;2*1H. The molecule has 2 N–H and O–H groups in total. The van der Waals surface area contributed by atoms with E-state index in [4.69, 9.17) is 10.5 Å². The van der Waals surface area contributed by atoms with Gasteiger partial charge in [0.05, 0.1) is 0 Å². The monoisotopic (exact) mass is 282 g/mol. The van der Waals surface area contributed by atoms with Crippen molar-refractivity contribution in [3.8, 4) is 0 Å². The normalized spacial score (nSPS) is 8.86. The molecule has 0 saturated heterocycles. The number of nitrogens with zero attached hydrogens (tertiary/aromatic N) is 1. The molecule has 0 rings (SSSR count). The number of carbonyl (C=O) groups is 1. The third kappa shape index (κ3) is 10.7. The highest BCUT2D eigenvalue weighted by Crippen LogP contribution is 2.14. The van der Waals surface area contributed by atoms with Crippen LogP contribution in [0.1, 0.15) is 0 Å². The van der Waals surface area contributed by atoms with Crippen molar-refractivity contribution >= 4 is 54.7 Å². The number of hydrogen-bond donors (Lipinski definition) is 1. The van der Waals surface area contributed by atoms with Gasteiger partial charge in [0.25, 0.3) is 0 Å². The summed E-state index contributed by atoms with van der Waals surface area (Å²) in [4.78, 5) is 11.0. The largest absolute Gasteiger partial charge is 0.463 e. The average molecular weight is 283 g/mol. The molecule has 0 spiro atoms. The van der Waals surface area contributed by atoms with E-state index in [1.54, 1.807) is 0 Å². The summed E-state index contributed by atoms with van der Waals surface area (Å²) >= 11 is 2.99. The predicted octanol–water partition coefficient (Wildman–Crippen LogP) is 1.19. The number of esters is 1. The summed E-state index contributed by atoms with van der Waals surface area (Å²) in [6.45, 7) is 0.974. The van der Waals surface area contributed by atoms with Gasteiger partial charge in [0.2, 0.25) is 0 Å². The third-order valence-electron chi connectivity index (χ3n) is 1.05. The summed E-state index contributed by atoms with van der Waals surface area (Å²) in [7, 11) is 0. The van der Waals surface area contributed by atoms with Crippen molar-refractivity contribution in [1.82, 2.24) is 3.71 Å². The first kappa shape index (κ1) is 20.1. The lowest BCUT2D eigenvalue weighted by Gasteiger charge is -2.13. The summed E-state index contributed by atoms with van der Waals surface area (Å²) in [5.74, 6) is -0.232. The van der Waals surface area contributed by atoms with E-state index in [9.17, 15) is 4.79 Å². The molecule has 0 radical (unpaired) electrons. The van der Waals surface area contributed by atoms with Crippen molar-refractivity contribution in [2.75, 3.05) is 32.2 Å². The van der Waals surface area contributed by atoms with Crippen molar-refractivity contribution in [2.45, 2.75) is 0 Å². The molecule has 8 heteroatoms. The minimum atomic E-state index is -0.232. The van der Waals surface area contributed by atoms with E-state index in [2.05, 4.69) is 0 Å². The van der Waals surface area contributed by atoms with Gasteiger partial charge in [-0.1, -0.05) is 23.9 Å². The zero-order chi connectivity index (χ0) is 9.40. The summed E-state index contributed by atoms with van der Waals surface area (Å²) < 4.78 is 6.63. The Morgan fingerprint density at radius 3 is 2.21 bits per heavy atom. The Bertz CT molecular complexity index is 139. The number of nitrogens with two attached hydrogens (primary N) is 1. The van der Waals surface area contributed by atoms with E-state index < -0.39 is 0 Å². The van der Waals surface area contributed by atoms with E-state index in [1.165, 1.54) is 23.9 Å². The minimum absolute atomic E-state index is 0. The molecular formula is C6H16Cl2N2O2S2. The Balaban J connectivity index is -0.000000605. The zero-order valence-corrected chi connectivity index (χ0v) is 11.4. The molecule has 0 aliphatic carbocycles. The second kappa shape index (κ2) is 13.7. The van der Waals surface area contributed by atoms with Crippen LogP contribution in [0.3, 0.4) is 0 Å². The summed E-state index contributed by atoms with van der Waals surface area (Å²) in [6.07, 6.45) is 3.82. The number of ether oxygens (including phenoxy) is 1. The first-order chi connectivity index (χ1) is 5.74. The molecule has 0 saturated carbocycles. The molecule has 88 valence electrons. The van der Waals surface area contributed by atoms with Gasteiger partial charge in [-0.3, -0.25) is 4.79 Å². The van der Waals surface area contributed by atoms with Crippen LogP contribution >= 0.6 is 48.7 Å². The Labute approximate surface area is 106 Å². The molecule has 0 aromatic carbocycles. The van der Waals surface area contributed by atoms with Gasteiger partial charge < -0.3 is 10.5 Å². The number of hydrogen-bond acceptors (Lipinski definition) is 6. The number of halogens is 2. The lowest BCUT2D eigenvalue weighted by Crippen LogP contribution is -2.22. The molecule has 0 bridgehead atoms. The third-order valence-corrected chi connectivity index (χ3v) is 3.01. The molecule has 0 aromatic heterocycles. The van der Waals surface area contributed by atoms with Crippen molar-refractivity contribution < 1.29 is 9.53 Å². The summed E-state index contributed by atoms with van der Waals surface area (Å²) in [5.41, 5.74) is 5.17. The lowest BCUT2D eigenvalue weighted by molar-refractivity contribution is -0.142. The van der Waals surface area contributed by atoms with E-state index >= 15 is 0 Å². The van der Waals surface area contributed by atoms with Gasteiger partial charge in [-0.05, 0) is 12.5 Å². The fourth-order valence-corrected chi connectivity index (χ4v) is 1.59. The predicted molar refractivity (Wildman–Crippen MR) is 68.2 cm³/mol. The van der Waals surface area contributed by atoms with Crippen molar-refractivity contribution in [1.29, 1.82) is 0 Å². The maximum Gasteiger partial charge on any atom is 0.322 e. The molecular weight excluding hydrogens is 267 g/mol. The fourth-order valence-electron chi connectivity index (χ4n) is 0.527. The second-order valence-corrected chi connectivity index (χ2v) is 3.71. The zero-order valence-electron chi connectivity index (χ0n) is 8.10. The maximum atomic E-state index is 11.0. The Hall–Kier alpha value is 0.670. The number of carbonyl (C=O) groups excluding carboxylic acids is 1. The smallest absolute Gasteiger partial charge is 0.322 e. The quantitative estimate of drug-likeness (QED) is 0.584. The molecule has 4 nitrogen and oxygen atoms in total. The average Bonchev–Trinajstić information content (AvgIpc) is 2.10. The lowest BCUT2D eigenvalue weighted by atomic mass is 10.6. The van der Waals surface area contributed by atoms with Crippen LogP contribution in [-0.2, 0) is 9.53 Å². The van der Waals surface area contributed by atoms with Gasteiger partial charge in [-0.25, -0.2) is 0 Å². The summed E-state index contributed by atoms with van der Waals surface area (Å²) in [6, 6.07) is 0. The van der Waals surface area contributed by atoms with Crippen molar-refractivity contribution in [2.24, 2.45) is 5.73 Å². The highest BCUT2D eigenvalue weighted by atomic mass is 35.5. The van der Waals surface area contributed by atoms with Gasteiger partial charge in [0.1, 0.15) is 13.2 Å². The Morgan fingerprint density at radius 2 is 1.86 bits per heavy atom. The van der Waals surface area contributed by atoms with Gasteiger partial charge in [0, 0.05) is 6.54 Å². The second-order valence-electron chi connectivity index (χ2n) is 1.87. The number of rotatable bonds is 6. The first-order valence-corrected chi connectivity index (χ1v) is 5.82. The van der Waals surface area contributed by atoms with Crippen molar-refractivity contribution in [3.63, 3.8) is 0 Å². The van der Waals surface area contributed by atoms with E-state index in [0.717, 1.165) is 0 Å². The molecule has 0 aromatic rings. The molecule has 0 heterocycles. The first-order valence-electron chi connectivity index (χ1n) is 3.46. The van der Waals surface area contributed by atoms with Crippen LogP contribution in [0.4, 0.5) is 0 Å².